The molecular weight excluding hydrogens is 242 g/mol. The smallest absolute Gasteiger partial charge is 0.223 e. The lowest BCUT2D eigenvalue weighted by Gasteiger charge is -2.08. The van der Waals surface area contributed by atoms with Crippen LogP contribution >= 0.6 is 0 Å². The summed E-state index contributed by atoms with van der Waals surface area (Å²) in [7, 11) is 0. The van der Waals surface area contributed by atoms with Crippen molar-refractivity contribution in [3.8, 4) is 5.75 Å². The van der Waals surface area contributed by atoms with Crippen LogP contribution < -0.4 is 15.8 Å². The minimum atomic E-state index is 0.0593. The number of pyridine rings is 1. The van der Waals surface area contributed by atoms with E-state index in [1.54, 1.807) is 6.20 Å². The van der Waals surface area contributed by atoms with Crippen molar-refractivity contribution in [3.05, 3.63) is 24.0 Å². The van der Waals surface area contributed by atoms with E-state index in [4.69, 9.17) is 10.5 Å². The van der Waals surface area contributed by atoms with E-state index in [1.807, 2.05) is 19.1 Å². The average Bonchev–Trinajstić information content (AvgIpc) is 3.14. The Bertz CT molecular complexity index is 413. The summed E-state index contributed by atoms with van der Waals surface area (Å²) in [6.45, 7) is 2.33. The zero-order chi connectivity index (χ0) is 13.7. The van der Waals surface area contributed by atoms with Gasteiger partial charge in [0.05, 0.1) is 19.2 Å². The maximum atomic E-state index is 11.4. The summed E-state index contributed by atoms with van der Waals surface area (Å²) in [5.74, 6) is 0.747. The van der Waals surface area contributed by atoms with Gasteiger partial charge in [-0.05, 0) is 31.9 Å². The van der Waals surface area contributed by atoms with Crippen molar-refractivity contribution in [2.45, 2.75) is 44.7 Å². The van der Waals surface area contributed by atoms with Gasteiger partial charge in [0.25, 0.3) is 0 Å². The molecule has 3 N–H and O–H groups in total. The van der Waals surface area contributed by atoms with Gasteiger partial charge in [-0.25, -0.2) is 0 Å². The molecule has 0 aliphatic heterocycles. The van der Waals surface area contributed by atoms with E-state index in [0.29, 0.717) is 24.8 Å². The zero-order valence-corrected chi connectivity index (χ0v) is 11.3. The molecule has 0 radical (unpaired) electrons. The summed E-state index contributed by atoms with van der Waals surface area (Å²) >= 11 is 0. The average molecular weight is 263 g/mol. The summed E-state index contributed by atoms with van der Waals surface area (Å²) in [6.07, 6.45) is 5.04. The molecule has 0 bridgehead atoms. The normalized spacial score (nSPS) is 15.9. The molecule has 0 spiro atoms. The van der Waals surface area contributed by atoms with E-state index >= 15 is 0 Å². The molecular formula is C14H21N3O2. The number of ether oxygens (including phenoxy) is 1. The van der Waals surface area contributed by atoms with Crippen molar-refractivity contribution in [2.24, 2.45) is 5.73 Å². The van der Waals surface area contributed by atoms with Crippen LogP contribution in [0.5, 0.6) is 5.75 Å². The second kappa shape index (κ2) is 6.52. The maximum absolute atomic E-state index is 11.4. The summed E-state index contributed by atoms with van der Waals surface area (Å²) < 4.78 is 5.48. The molecule has 0 saturated heterocycles. The third-order valence-electron chi connectivity index (χ3n) is 2.87. The summed E-state index contributed by atoms with van der Waals surface area (Å²) in [5.41, 5.74) is 6.66. The number of rotatable bonds is 7. The predicted molar refractivity (Wildman–Crippen MR) is 72.9 cm³/mol. The van der Waals surface area contributed by atoms with Crippen LogP contribution in [0.25, 0.3) is 0 Å². The highest BCUT2D eigenvalue weighted by Gasteiger charge is 2.22. The Balaban J connectivity index is 1.68. The summed E-state index contributed by atoms with van der Waals surface area (Å²) in [6, 6.07) is 4.28. The highest BCUT2D eigenvalue weighted by molar-refractivity contribution is 5.76. The molecule has 1 fully saturated rings. The first kappa shape index (κ1) is 13.8. The van der Waals surface area contributed by atoms with E-state index in [0.717, 1.165) is 25.0 Å². The Morgan fingerprint density at radius 1 is 1.58 bits per heavy atom. The van der Waals surface area contributed by atoms with Crippen LogP contribution in [0.3, 0.4) is 0 Å². The van der Waals surface area contributed by atoms with Gasteiger partial charge in [0, 0.05) is 24.2 Å². The minimum absolute atomic E-state index is 0.0593. The fraction of sp³-hybridized carbons (Fsp3) is 0.571. The van der Waals surface area contributed by atoms with E-state index < -0.39 is 0 Å². The van der Waals surface area contributed by atoms with Crippen molar-refractivity contribution in [1.82, 2.24) is 10.3 Å². The van der Waals surface area contributed by atoms with Crippen LogP contribution in [0.4, 0.5) is 0 Å². The molecule has 104 valence electrons. The van der Waals surface area contributed by atoms with Crippen LogP contribution in [0.1, 0.15) is 31.9 Å². The van der Waals surface area contributed by atoms with Gasteiger partial charge in [-0.3, -0.25) is 9.78 Å². The molecule has 5 nitrogen and oxygen atoms in total. The Morgan fingerprint density at radius 3 is 2.95 bits per heavy atom. The number of nitrogens with two attached hydrogens (primary N) is 1. The van der Waals surface area contributed by atoms with Gasteiger partial charge < -0.3 is 15.8 Å². The predicted octanol–water partition coefficient (Wildman–Crippen LogP) is 1.02. The first-order chi connectivity index (χ1) is 9.13. The summed E-state index contributed by atoms with van der Waals surface area (Å²) in [4.78, 5) is 15.7. The number of carbonyl (C=O) groups excluding carboxylic acids is 1. The number of carbonyl (C=O) groups is 1. The van der Waals surface area contributed by atoms with Gasteiger partial charge in [0.1, 0.15) is 5.75 Å². The number of aromatic nitrogens is 1. The number of nitrogens with zero attached hydrogens (tertiary/aromatic N) is 1. The van der Waals surface area contributed by atoms with Gasteiger partial charge in [-0.15, -0.1) is 0 Å². The van der Waals surface area contributed by atoms with Crippen LogP contribution in [0.15, 0.2) is 18.3 Å². The Hall–Kier alpha value is -1.62. The molecule has 5 heteroatoms. The van der Waals surface area contributed by atoms with Gasteiger partial charge in [-0.1, -0.05) is 0 Å². The van der Waals surface area contributed by atoms with E-state index in [9.17, 15) is 4.79 Å². The highest BCUT2D eigenvalue weighted by Crippen LogP contribution is 2.18. The fourth-order valence-corrected chi connectivity index (χ4v) is 1.74. The van der Waals surface area contributed by atoms with Crippen LogP contribution in [-0.4, -0.2) is 29.6 Å². The minimum Gasteiger partial charge on any atom is -0.491 e. The topological polar surface area (TPSA) is 77.2 Å². The van der Waals surface area contributed by atoms with E-state index in [-0.39, 0.29) is 11.9 Å². The number of hydrogen-bond donors (Lipinski definition) is 2. The Morgan fingerprint density at radius 2 is 2.37 bits per heavy atom. The quantitative estimate of drug-likeness (QED) is 0.770. The maximum Gasteiger partial charge on any atom is 0.223 e. The van der Waals surface area contributed by atoms with Gasteiger partial charge in [0.2, 0.25) is 5.91 Å². The van der Waals surface area contributed by atoms with Crippen molar-refractivity contribution in [1.29, 1.82) is 0 Å². The summed E-state index contributed by atoms with van der Waals surface area (Å²) in [5, 5.41) is 2.92. The second-order valence-corrected chi connectivity index (χ2v) is 5.11. The lowest BCUT2D eigenvalue weighted by atomic mass is 10.2. The Labute approximate surface area is 113 Å². The molecule has 1 aromatic heterocycles. The van der Waals surface area contributed by atoms with Crippen LogP contribution in [0, 0.1) is 0 Å². The SMILES string of the molecule is CC(N)Cc1ccc(OCCC(=O)NC2CC2)cn1. The highest BCUT2D eigenvalue weighted by atomic mass is 16.5. The molecule has 1 atom stereocenters. The monoisotopic (exact) mass is 263 g/mol. The number of amides is 1. The van der Waals surface area contributed by atoms with Crippen molar-refractivity contribution in [3.63, 3.8) is 0 Å². The number of hydrogen-bond acceptors (Lipinski definition) is 4. The van der Waals surface area contributed by atoms with Crippen molar-refractivity contribution >= 4 is 5.91 Å². The molecule has 1 heterocycles. The second-order valence-electron chi connectivity index (χ2n) is 5.11. The molecule has 1 unspecified atom stereocenters. The van der Waals surface area contributed by atoms with Gasteiger partial charge in [-0.2, -0.15) is 0 Å². The van der Waals surface area contributed by atoms with Crippen LogP contribution in [0.2, 0.25) is 0 Å². The van der Waals surface area contributed by atoms with Gasteiger partial charge in [0.15, 0.2) is 0 Å². The van der Waals surface area contributed by atoms with E-state index in [1.165, 1.54) is 0 Å². The molecule has 1 saturated carbocycles. The fourth-order valence-electron chi connectivity index (χ4n) is 1.74. The van der Waals surface area contributed by atoms with Gasteiger partial charge >= 0.3 is 0 Å². The van der Waals surface area contributed by atoms with Crippen molar-refractivity contribution in [2.75, 3.05) is 6.61 Å². The first-order valence-corrected chi connectivity index (χ1v) is 6.76. The van der Waals surface area contributed by atoms with Crippen molar-refractivity contribution < 1.29 is 9.53 Å². The molecule has 0 aromatic carbocycles. The standard InChI is InChI=1S/C14H21N3O2/c1-10(15)8-12-4-5-13(9-16-12)19-7-6-14(18)17-11-2-3-11/h4-5,9-11H,2-3,6-8,15H2,1H3,(H,17,18). The lowest BCUT2D eigenvalue weighted by molar-refractivity contribution is -0.121. The largest absolute Gasteiger partial charge is 0.491 e. The zero-order valence-electron chi connectivity index (χ0n) is 11.3. The van der Waals surface area contributed by atoms with E-state index in [2.05, 4.69) is 10.3 Å². The molecule has 1 aliphatic carbocycles. The molecule has 1 aromatic rings. The van der Waals surface area contributed by atoms with Crippen LogP contribution in [-0.2, 0) is 11.2 Å². The first-order valence-electron chi connectivity index (χ1n) is 6.76. The lowest BCUT2D eigenvalue weighted by Crippen LogP contribution is -2.26. The molecule has 1 amide bonds. The molecule has 2 rings (SSSR count). The third-order valence-corrected chi connectivity index (χ3v) is 2.87. The molecule has 19 heavy (non-hydrogen) atoms. The third kappa shape index (κ3) is 5.26. The Kier molecular flexibility index (Phi) is 4.74. The molecule has 1 aliphatic rings. The number of nitrogens with one attached hydrogen (secondary N) is 1.